The Labute approximate surface area is 52.3 Å². The maximum absolute atomic E-state index is 9.71. The average Bonchev–Trinajstić information content (AvgIpc) is 1.65. The third-order valence-corrected chi connectivity index (χ3v) is 0.390. The molecule has 1 N–H and O–H groups in total. The van der Waals surface area contributed by atoms with E-state index in [1.807, 2.05) is 0 Å². The quantitative estimate of drug-likeness (QED) is 0.299. The van der Waals surface area contributed by atoms with E-state index in [1.54, 1.807) is 6.92 Å². The van der Waals surface area contributed by atoms with Crippen LogP contribution >= 0.6 is 0 Å². The monoisotopic (exact) mass is 117 g/mol. The van der Waals surface area contributed by atoms with Crippen LogP contribution in [0.2, 0.25) is 0 Å². The Morgan fingerprint density at radius 1 is 1.86 bits per heavy atom. The van der Waals surface area contributed by atoms with Crippen molar-refractivity contribution in [3.63, 3.8) is 0 Å². The molecule has 0 aromatic rings. The zero-order valence-corrected chi connectivity index (χ0v) is 5.20. The molecule has 0 aromatic carbocycles. The van der Waals surface area contributed by atoms with Crippen molar-refractivity contribution in [1.29, 1.82) is 0 Å². The van der Waals surface area contributed by atoms with Gasteiger partial charge in [-0.05, 0) is 0 Å². The van der Waals surface area contributed by atoms with Crippen LogP contribution in [0.5, 0.6) is 0 Å². The minimum Gasteiger partial charge on any atom is -0.301 e. The van der Waals surface area contributed by atoms with Gasteiger partial charge in [-0.3, -0.25) is 0 Å². The fourth-order valence-electron chi connectivity index (χ4n) is 0.0645. The molecular formula is C3H6AlO3. The Balaban J connectivity index is 0. The van der Waals surface area contributed by atoms with Gasteiger partial charge in [-0.15, -0.1) is 0 Å². The van der Waals surface area contributed by atoms with Crippen molar-refractivity contribution in [1.82, 2.24) is 0 Å². The lowest BCUT2D eigenvalue weighted by atomic mass is 10.5. The van der Waals surface area contributed by atoms with Crippen LogP contribution in [0, 0.1) is 0 Å². The van der Waals surface area contributed by atoms with E-state index in [2.05, 4.69) is 4.89 Å². The lowest BCUT2D eigenvalue weighted by Crippen LogP contribution is -1.95. The third-order valence-electron chi connectivity index (χ3n) is 0.390. The Bertz CT molecular complexity index is 48.1. The minimum absolute atomic E-state index is 0. The molecule has 0 heterocycles. The largest absolute Gasteiger partial charge is 0.341 e. The van der Waals surface area contributed by atoms with Crippen LogP contribution < -0.4 is 0 Å². The van der Waals surface area contributed by atoms with Crippen LogP contribution in [0.25, 0.3) is 0 Å². The second kappa shape index (κ2) is 5.96. The Morgan fingerprint density at radius 3 is 2.29 bits per heavy atom. The molecule has 0 atom stereocenters. The van der Waals surface area contributed by atoms with E-state index in [9.17, 15) is 4.79 Å². The van der Waals surface area contributed by atoms with Gasteiger partial charge in [0, 0.05) is 23.8 Å². The fraction of sp³-hybridized carbons (Fsp3) is 0.667. The van der Waals surface area contributed by atoms with Gasteiger partial charge in [-0.2, -0.15) is 5.26 Å². The number of carbonyl (C=O) groups excluding carboxylic acids is 1. The maximum atomic E-state index is 9.71. The molecule has 0 saturated carbocycles. The van der Waals surface area contributed by atoms with Crippen LogP contribution in [0.3, 0.4) is 0 Å². The van der Waals surface area contributed by atoms with Crippen LogP contribution in [0.4, 0.5) is 0 Å². The van der Waals surface area contributed by atoms with Crippen LogP contribution in [0.1, 0.15) is 13.3 Å². The standard InChI is InChI=1S/C3H6O3.Al/c1-2-3(4)6-5;/h5H,2H2,1H3;. The highest BCUT2D eigenvalue weighted by atomic mass is 27.0. The molecular weight excluding hydrogens is 111 g/mol. The summed E-state index contributed by atoms with van der Waals surface area (Å²) in [6.45, 7) is 1.60. The van der Waals surface area contributed by atoms with Gasteiger partial charge in [0.1, 0.15) is 0 Å². The molecule has 0 bridgehead atoms. The van der Waals surface area contributed by atoms with Crippen molar-refractivity contribution in [2.24, 2.45) is 0 Å². The van der Waals surface area contributed by atoms with Gasteiger partial charge in [0.25, 0.3) is 0 Å². The summed E-state index contributed by atoms with van der Waals surface area (Å²) in [6, 6.07) is 0. The molecule has 0 aliphatic rings. The highest BCUT2D eigenvalue weighted by Gasteiger charge is 1.90. The summed E-state index contributed by atoms with van der Waals surface area (Å²) >= 11 is 0. The van der Waals surface area contributed by atoms with E-state index in [0.717, 1.165) is 0 Å². The number of hydrogen-bond acceptors (Lipinski definition) is 3. The van der Waals surface area contributed by atoms with Crippen LogP contribution in [0.15, 0.2) is 0 Å². The zero-order valence-electron chi connectivity index (χ0n) is 4.05. The topological polar surface area (TPSA) is 46.5 Å². The first-order chi connectivity index (χ1) is 2.81. The predicted molar refractivity (Wildman–Crippen MR) is 24.8 cm³/mol. The zero-order chi connectivity index (χ0) is 4.99. The van der Waals surface area contributed by atoms with Crippen molar-refractivity contribution in [2.45, 2.75) is 13.3 Å². The summed E-state index contributed by atoms with van der Waals surface area (Å²) in [4.78, 5) is 13.0. The summed E-state index contributed by atoms with van der Waals surface area (Å²) < 4.78 is 0. The van der Waals surface area contributed by atoms with Crippen molar-refractivity contribution in [2.75, 3.05) is 0 Å². The van der Waals surface area contributed by atoms with E-state index in [0.29, 0.717) is 0 Å². The molecule has 0 spiro atoms. The SMILES string of the molecule is CCC(=O)OO.[Al]. The van der Waals surface area contributed by atoms with E-state index >= 15 is 0 Å². The van der Waals surface area contributed by atoms with Crippen molar-refractivity contribution in [3.05, 3.63) is 0 Å². The van der Waals surface area contributed by atoms with E-state index in [1.165, 1.54) is 0 Å². The number of rotatable bonds is 1. The Kier molecular flexibility index (Phi) is 8.56. The first-order valence-corrected chi connectivity index (χ1v) is 1.65. The van der Waals surface area contributed by atoms with Crippen molar-refractivity contribution >= 4 is 23.3 Å². The van der Waals surface area contributed by atoms with Gasteiger partial charge in [-0.25, -0.2) is 4.79 Å². The van der Waals surface area contributed by atoms with Gasteiger partial charge >= 0.3 is 5.97 Å². The average molecular weight is 117 g/mol. The van der Waals surface area contributed by atoms with E-state index in [-0.39, 0.29) is 23.8 Å². The molecule has 0 unspecified atom stereocenters. The first-order valence-electron chi connectivity index (χ1n) is 1.65. The van der Waals surface area contributed by atoms with Crippen LogP contribution in [-0.4, -0.2) is 28.6 Å². The molecule has 0 rings (SSSR count). The van der Waals surface area contributed by atoms with Crippen molar-refractivity contribution in [3.8, 4) is 0 Å². The molecule has 0 fully saturated rings. The van der Waals surface area contributed by atoms with E-state index in [4.69, 9.17) is 5.26 Å². The Hall–Kier alpha value is -0.0375. The highest BCUT2D eigenvalue weighted by molar-refractivity contribution is 5.75. The third kappa shape index (κ3) is 5.96. The molecule has 0 aliphatic carbocycles. The second-order valence-electron chi connectivity index (χ2n) is 0.817. The summed E-state index contributed by atoms with van der Waals surface area (Å²) in [5.74, 6) is -0.602. The Morgan fingerprint density at radius 2 is 2.29 bits per heavy atom. The maximum Gasteiger partial charge on any atom is 0.341 e. The predicted octanol–water partition coefficient (Wildman–Crippen LogP) is 0.0318. The molecule has 7 heavy (non-hydrogen) atoms. The van der Waals surface area contributed by atoms with Gasteiger partial charge < -0.3 is 4.89 Å². The molecule has 0 aromatic heterocycles. The smallest absolute Gasteiger partial charge is 0.301 e. The lowest BCUT2D eigenvalue weighted by Gasteiger charge is -1.83. The molecule has 3 nitrogen and oxygen atoms in total. The molecule has 0 aliphatic heterocycles. The lowest BCUT2D eigenvalue weighted by molar-refractivity contribution is -0.233. The van der Waals surface area contributed by atoms with Crippen LogP contribution in [-0.2, 0) is 9.68 Å². The van der Waals surface area contributed by atoms with Gasteiger partial charge in [0.15, 0.2) is 0 Å². The number of hydrogen-bond donors (Lipinski definition) is 1. The van der Waals surface area contributed by atoms with Gasteiger partial charge in [0.05, 0.1) is 0 Å². The van der Waals surface area contributed by atoms with Gasteiger partial charge in [-0.1, -0.05) is 6.92 Å². The summed E-state index contributed by atoms with van der Waals surface area (Å²) in [5.41, 5.74) is 0. The molecule has 3 radical (unpaired) electrons. The van der Waals surface area contributed by atoms with Crippen molar-refractivity contribution < 1.29 is 14.9 Å². The van der Waals surface area contributed by atoms with E-state index < -0.39 is 5.97 Å². The second-order valence-corrected chi connectivity index (χ2v) is 0.817. The normalized spacial score (nSPS) is 6.57. The summed E-state index contributed by atoms with van der Waals surface area (Å²) in [6.07, 6.45) is 0.219. The molecule has 0 saturated heterocycles. The highest BCUT2D eigenvalue weighted by Crippen LogP contribution is 1.75. The summed E-state index contributed by atoms with van der Waals surface area (Å²) in [7, 11) is 0. The minimum atomic E-state index is -0.602. The molecule has 4 heteroatoms. The first kappa shape index (κ1) is 10.1. The summed E-state index contributed by atoms with van der Waals surface area (Å²) in [5, 5.41) is 7.49. The fourth-order valence-corrected chi connectivity index (χ4v) is 0.0645. The molecule has 0 amide bonds. The van der Waals surface area contributed by atoms with Gasteiger partial charge in [0.2, 0.25) is 0 Å². The number of carbonyl (C=O) groups is 1. The molecule has 39 valence electrons.